The lowest BCUT2D eigenvalue weighted by Crippen LogP contribution is -2.31. The third-order valence-electron chi connectivity index (χ3n) is 3.89. The van der Waals surface area contributed by atoms with E-state index in [-0.39, 0.29) is 11.5 Å². The quantitative estimate of drug-likeness (QED) is 0.857. The van der Waals surface area contributed by atoms with E-state index < -0.39 is 12.0 Å². The molecule has 138 valence electrons. The zero-order chi connectivity index (χ0) is 19.4. The number of anilines is 2. The second-order valence-corrected chi connectivity index (χ2v) is 7.05. The minimum Gasteiger partial charge on any atom is -0.453 e. The van der Waals surface area contributed by atoms with Crippen molar-refractivity contribution >= 4 is 39.9 Å². The van der Waals surface area contributed by atoms with Crippen molar-refractivity contribution < 1.29 is 19.1 Å². The first-order chi connectivity index (χ1) is 12.2. The normalized spacial score (nSPS) is 10.2. The van der Waals surface area contributed by atoms with Gasteiger partial charge >= 0.3 is 6.09 Å². The molecular formula is C18H21N3O4S. The van der Waals surface area contributed by atoms with Crippen molar-refractivity contribution in [2.24, 2.45) is 0 Å². The third kappa shape index (κ3) is 4.20. The van der Waals surface area contributed by atoms with Gasteiger partial charge in [-0.05, 0) is 43.7 Å². The minimum atomic E-state index is -0.852. The summed E-state index contributed by atoms with van der Waals surface area (Å²) in [4.78, 5) is 39.0. The fourth-order valence-corrected chi connectivity index (χ4v) is 3.33. The van der Waals surface area contributed by atoms with E-state index >= 15 is 0 Å². The summed E-state index contributed by atoms with van der Waals surface area (Å²) in [6, 6.07) is 7.10. The van der Waals surface area contributed by atoms with Gasteiger partial charge in [0.2, 0.25) is 0 Å². The number of rotatable bonds is 4. The summed E-state index contributed by atoms with van der Waals surface area (Å²) in [6.07, 6.45) is -0.852. The van der Waals surface area contributed by atoms with Crippen molar-refractivity contribution in [3.8, 4) is 0 Å². The van der Waals surface area contributed by atoms with Gasteiger partial charge < -0.3 is 15.0 Å². The molecule has 0 unspecified atom stereocenters. The molecule has 2 N–H and O–H groups in total. The Morgan fingerprint density at radius 2 is 1.65 bits per heavy atom. The van der Waals surface area contributed by atoms with Crippen LogP contribution in [0.3, 0.4) is 0 Å². The monoisotopic (exact) mass is 375 g/mol. The van der Waals surface area contributed by atoms with Crippen LogP contribution in [0.2, 0.25) is 0 Å². The largest absolute Gasteiger partial charge is 0.453 e. The third-order valence-corrected chi connectivity index (χ3v) is 5.01. The van der Waals surface area contributed by atoms with E-state index in [9.17, 15) is 14.4 Å². The fraction of sp³-hybridized carbons (Fsp3) is 0.278. The highest BCUT2D eigenvalue weighted by Crippen LogP contribution is 2.32. The second kappa shape index (κ2) is 8.01. The molecule has 26 heavy (non-hydrogen) atoms. The molecule has 0 saturated carbocycles. The van der Waals surface area contributed by atoms with Crippen LogP contribution in [0.1, 0.15) is 31.2 Å². The van der Waals surface area contributed by atoms with Crippen molar-refractivity contribution in [2.45, 2.75) is 13.8 Å². The molecule has 0 radical (unpaired) electrons. The zero-order valence-corrected chi connectivity index (χ0v) is 16.1. The number of carbonyl (C=O) groups is 3. The van der Waals surface area contributed by atoms with Gasteiger partial charge in [0.1, 0.15) is 5.00 Å². The molecule has 0 bridgehead atoms. The smallest absolute Gasteiger partial charge is 0.413 e. The summed E-state index contributed by atoms with van der Waals surface area (Å²) >= 11 is 1.28. The molecule has 2 rings (SSSR count). The first-order valence-corrected chi connectivity index (χ1v) is 8.64. The molecule has 7 nitrogen and oxygen atoms in total. The maximum absolute atomic E-state index is 12.5. The number of nitrogens with zero attached hydrogens (tertiary/aromatic N) is 1. The number of alkyl carbamates (subject to hydrolysis) is 1. The Morgan fingerprint density at radius 1 is 1.04 bits per heavy atom. The van der Waals surface area contributed by atoms with Crippen LogP contribution in [0.4, 0.5) is 15.5 Å². The zero-order valence-electron chi connectivity index (χ0n) is 15.3. The van der Waals surface area contributed by atoms with Gasteiger partial charge in [-0.25, -0.2) is 4.79 Å². The fourth-order valence-electron chi connectivity index (χ4n) is 2.28. The van der Waals surface area contributed by atoms with Crippen LogP contribution in [0.15, 0.2) is 24.3 Å². The molecule has 0 atom stereocenters. The number of imide groups is 1. The Bertz CT molecular complexity index is 841. The van der Waals surface area contributed by atoms with E-state index in [1.54, 1.807) is 19.1 Å². The Labute approximate surface area is 156 Å². The minimum absolute atomic E-state index is 0.260. The SMILES string of the molecule is COC(=O)NC(=O)c1c(NC(=O)c2ccc(N(C)C)cc2)sc(C)c1C. The molecule has 0 aliphatic carbocycles. The molecule has 1 aromatic carbocycles. The van der Waals surface area contributed by atoms with Crippen LogP contribution < -0.4 is 15.5 Å². The van der Waals surface area contributed by atoms with Gasteiger partial charge in [-0.3, -0.25) is 14.9 Å². The Kier molecular flexibility index (Phi) is 5.99. The lowest BCUT2D eigenvalue weighted by molar-refractivity contribution is 0.0937. The Balaban J connectivity index is 2.26. The first-order valence-electron chi connectivity index (χ1n) is 7.82. The van der Waals surface area contributed by atoms with Crippen LogP contribution in [-0.4, -0.2) is 39.1 Å². The highest BCUT2D eigenvalue weighted by molar-refractivity contribution is 7.16. The van der Waals surface area contributed by atoms with Gasteiger partial charge in [0, 0.05) is 30.2 Å². The van der Waals surface area contributed by atoms with Crippen molar-refractivity contribution in [3.05, 3.63) is 45.8 Å². The number of nitrogens with one attached hydrogen (secondary N) is 2. The van der Waals surface area contributed by atoms with E-state index in [1.807, 2.05) is 38.1 Å². The van der Waals surface area contributed by atoms with E-state index in [4.69, 9.17) is 0 Å². The van der Waals surface area contributed by atoms with Crippen LogP contribution in [-0.2, 0) is 4.74 Å². The maximum atomic E-state index is 12.5. The Hall–Kier alpha value is -2.87. The van der Waals surface area contributed by atoms with Crippen molar-refractivity contribution in [2.75, 3.05) is 31.4 Å². The molecule has 0 aliphatic rings. The molecule has 8 heteroatoms. The number of hydrogen-bond donors (Lipinski definition) is 2. The number of aryl methyl sites for hydroxylation is 1. The van der Waals surface area contributed by atoms with Crippen molar-refractivity contribution in [1.82, 2.24) is 5.32 Å². The van der Waals surface area contributed by atoms with E-state index in [1.165, 1.54) is 18.4 Å². The van der Waals surface area contributed by atoms with Gasteiger partial charge in [0.15, 0.2) is 0 Å². The standard InChI is InChI=1S/C18H21N3O4S/c1-10-11(2)26-17(14(10)16(23)20-18(24)25-5)19-15(22)12-6-8-13(9-7-12)21(3)4/h6-9H,1-5H3,(H,19,22)(H,20,23,24). The van der Waals surface area contributed by atoms with E-state index in [0.717, 1.165) is 10.6 Å². The second-order valence-electron chi connectivity index (χ2n) is 5.83. The molecule has 1 aromatic heterocycles. The molecule has 0 fully saturated rings. The number of ether oxygens (including phenoxy) is 1. The Morgan fingerprint density at radius 3 is 2.19 bits per heavy atom. The summed E-state index contributed by atoms with van der Waals surface area (Å²) in [7, 11) is 5.01. The van der Waals surface area contributed by atoms with Crippen LogP contribution >= 0.6 is 11.3 Å². The lowest BCUT2D eigenvalue weighted by Gasteiger charge is -2.12. The topological polar surface area (TPSA) is 87.7 Å². The van der Waals surface area contributed by atoms with Crippen LogP contribution in [0.25, 0.3) is 0 Å². The first kappa shape index (κ1) is 19.5. The summed E-state index contributed by atoms with van der Waals surface area (Å²) in [5.74, 6) is -0.944. The van der Waals surface area contributed by atoms with Gasteiger partial charge in [-0.1, -0.05) is 0 Å². The number of hydrogen-bond acceptors (Lipinski definition) is 6. The molecule has 0 spiro atoms. The maximum Gasteiger partial charge on any atom is 0.413 e. The van der Waals surface area contributed by atoms with Crippen molar-refractivity contribution in [3.63, 3.8) is 0 Å². The van der Waals surface area contributed by atoms with Gasteiger partial charge in [-0.2, -0.15) is 0 Å². The van der Waals surface area contributed by atoms with Gasteiger partial charge in [-0.15, -0.1) is 11.3 Å². The van der Waals surface area contributed by atoms with Crippen LogP contribution in [0.5, 0.6) is 0 Å². The molecular weight excluding hydrogens is 354 g/mol. The molecule has 3 amide bonds. The van der Waals surface area contributed by atoms with Gasteiger partial charge in [0.05, 0.1) is 12.7 Å². The van der Waals surface area contributed by atoms with E-state index in [0.29, 0.717) is 16.1 Å². The predicted molar refractivity (Wildman–Crippen MR) is 102 cm³/mol. The highest BCUT2D eigenvalue weighted by atomic mass is 32.1. The number of carbonyl (C=O) groups excluding carboxylic acids is 3. The number of methoxy groups -OCH3 is 1. The van der Waals surface area contributed by atoms with E-state index in [2.05, 4.69) is 15.4 Å². The lowest BCUT2D eigenvalue weighted by atomic mass is 10.1. The van der Waals surface area contributed by atoms with Gasteiger partial charge in [0.25, 0.3) is 11.8 Å². The molecule has 0 aliphatic heterocycles. The van der Waals surface area contributed by atoms with Crippen LogP contribution in [0, 0.1) is 13.8 Å². The molecule has 2 aromatic rings. The highest BCUT2D eigenvalue weighted by Gasteiger charge is 2.23. The average molecular weight is 375 g/mol. The number of amides is 3. The molecule has 0 saturated heterocycles. The number of benzene rings is 1. The predicted octanol–water partition coefficient (Wildman–Crippen LogP) is 3.18. The summed E-state index contributed by atoms with van der Waals surface area (Å²) in [5.41, 5.74) is 2.41. The molecule has 1 heterocycles. The average Bonchev–Trinajstić information content (AvgIpc) is 2.88. The summed E-state index contributed by atoms with van der Waals surface area (Å²) < 4.78 is 4.45. The number of thiophene rings is 1. The summed E-state index contributed by atoms with van der Waals surface area (Å²) in [5, 5.41) is 5.28. The summed E-state index contributed by atoms with van der Waals surface area (Å²) in [6.45, 7) is 3.61. The van der Waals surface area contributed by atoms with Crippen molar-refractivity contribution in [1.29, 1.82) is 0 Å².